The first kappa shape index (κ1) is 30.8. The van der Waals surface area contributed by atoms with Gasteiger partial charge in [0.05, 0.1) is 28.3 Å². The summed E-state index contributed by atoms with van der Waals surface area (Å²) in [6.45, 7) is 0. The van der Waals surface area contributed by atoms with Crippen molar-refractivity contribution in [2.75, 3.05) is 0 Å². The number of hydrogen-bond acceptors (Lipinski definition) is 4. The third-order valence-corrected chi connectivity index (χ3v) is 9.54. The van der Waals surface area contributed by atoms with Crippen LogP contribution in [0.5, 0.6) is 0 Å². The summed E-state index contributed by atoms with van der Waals surface area (Å²) in [6, 6.07) is 46.1. The van der Waals surface area contributed by atoms with E-state index in [1.54, 1.807) is 0 Å². The Morgan fingerprint density at radius 1 is 0.442 bits per heavy atom. The van der Waals surface area contributed by atoms with Crippen LogP contribution in [0.3, 0.4) is 0 Å². The number of H-pyrrole nitrogens is 2. The Morgan fingerprint density at radius 2 is 0.904 bits per heavy atom. The Morgan fingerprint density at radius 3 is 1.38 bits per heavy atom. The molecule has 0 unspecified atom stereocenters. The molecule has 2 N–H and O–H groups in total. The summed E-state index contributed by atoms with van der Waals surface area (Å²) in [5, 5.41) is 0. The molecular formula is C46H30N4O2. The number of benzene rings is 4. The van der Waals surface area contributed by atoms with Crippen LogP contribution in [0.15, 0.2) is 140 Å². The molecule has 0 radical (unpaired) electrons. The van der Waals surface area contributed by atoms with E-state index in [0.717, 1.165) is 73.9 Å². The molecule has 4 aromatic carbocycles. The SMILES string of the molecule is O=CC1=Cc2nc1c(-c1ccccc1)c1[nH]c(cc1C=O)c(-c1ccccc1)c1nc(c(-c3ccccc3)c3ccc([nH]3)c2-c2ccccc2)C=C1. The van der Waals surface area contributed by atoms with E-state index in [4.69, 9.17) is 9.97 Å². The first-order valence-electron chi connectivity index (χ1n) is 17.1. The van der Waals surface area contributed by atoms with Gasteiger partial charge in [0.15, 0.2) is 12.6 Å². The van der Waals surface area contributed by atoms with Crippen LogP contribution in [-0.2, 0) is 4.79 Å². The van der Waals surface area contributed by atoms with Gasteiger partial charge in [0.2, 0.25) is 0 Å². The molecule has 6 heteroatoms. The molecule has 0 spiro atoms. The lowest BCUT2D eigenvalue weighted by Gasteiger charge is -2.07. The standard InChI is InChI=1S/C46H30N4O2/c51-27-33-25-39-42(30-15-7-2-8-16-30)37-23-21-35(47-37)41(29-13-5-1-6-14-29)36-22-24-38(48-36)43(31-17-9-3-10-18-31)40-26-34(28-52)46(50-40)44(45(33)49-39)32-19-11-4-12-20-32/h1-28,47,50H. The molecule has 0 aliphatic carbocycles. The normalized spacial score (nSPS) is 12.0. The Bertz CT molecular complexity index is 2740. The molecule has 2 aliphatic heterocycles. The van der Waals surface area contributed by atoms with Crippen molar-refractivity contribution in [3.8, 4) is 44.5 Å². The predicted molar refractivity (Wildman–Crippen MR) is 211 cm³/mol. The van der Waals surface area contributed by atoms with Gasteiger partial charge >= 0.3 is 0 Å². The van der Waals surface area contributed by atoms with Gasteiger partial charge in [-0.05, 0) is 58.7 Å². The number of carbonyl (C=O) groups is 2. The van der Waals surface area contributed by atoms with E-state index in [1.165, 1.54) is 0 Å². The van der Waals surface area contributed by atoms with Crippen molar-refractivity contribution >= 4 is 58.4 Å². The second-order valence-electron chi connectivity index (χ2n) is 12.7. The number of rotatable bonds is 6. The zero-order chi connectivity index (χ0) is 35.0. The van der Waals surface area contributed by atoms with Crippen molar-refractivity contribution in [1.82, 2.24) is 19.9 Å². The molecule has 7 aromatic rings. The fourth-order valence-electron chi connectivity index (χ4n) is 7.23. The van der Waals surface area contributed by atoms with Gasteiger partial charge in [0, 0.05) is 49.9 Å². The van der Waals surface area contributed by atoms with Gasteiger partial charge < -0.3 is 9.97 Å². The molecule has 0 atom stereocenters. The molecule has 52 heavy (non-hydrogen) atoms. The van der Waals surface area contributed by atoms with Crippen molar-refractivity contribution in [2.24, 2.45) is 0 Å². The lowest BCUT2D eigenvalue weighted by Crippen LogP contribution is -1.92. The molecule has 9 rings (SSSR count). The van der Waals surface area contributed by atoms with Crippen LogP contribution in [0.25, 0.3) is 90.4 Å². The third-order valence-electron chi connectivity index (χ3n) is 9.54. The van der Waals surface area contributed by atoms with Crippen LogP contribution in [-0.4, -0.2) is 32.5 Å². The number of aromatic amines is 2. The molecule has 3 aromatic heterocycles. The number of allylic oxidation sites excluding steroid dienone is 1. The Hall–Kier alpha value is -7.18. The minimum absolute atomic E-state index is 0.414. The number of aromatic nitrogens is 4. The van der Waals surface area contributed by atoms with Gasteiger partial charge in [-0.25, -0.2) is 9.97 Å². The smallest absolute Gasteiger partial charge is 0.152 e. The lowest BCUT2D eigenvalue weighted by atomic mass is 9.99. The summed E-state index contributed by atoms with van der Waals surface area (Å²) >= 11 is 0. The van der Waals surface area contributed by atoms with Gasteiger partial charge in [-0.1, -0.05) is 121 Å². The highest BCUT2D eigenvalue weighted by molar-refractivity contribution is 6.19. The zero-order valence-electron chi connectivity index (χ0n) is 27.9. The number of fused-ring (bicyclic) bond motifs is 8. The molecule has 246 valence electrons. The van der Waals surface area contributed by atoms with Gasteiger partial charge in [-0.3, -0.25) is 9.59 Å². The fraction of sp³-hybridized carbons (Fsp3) is 0. The third kappa shape index (κ3) is 5.30. The molecule has 2 aliphatic rings. The largest absolute Gasteiger partial charge is 0.354 e. The minimum atomic E-state index is 0.414. The van der Waals surface area contributed by atoms with Crippen molar-refractivity contribution in [1.29, 1.82) is 0 Å². The maximum atomic E-state index is 13.0. The lowest BCUT2D eigenvalue weighted by molar-refractivity contribution is -0.103. The summed E-state index contributed by atoms with van der Waals surface area (Å²) in [5.41, 5.74) is 13.5. The Balaban J connectivity index is 1.55. The van der Waals surface area contributed by atoms with Crippen LogP contribution < -0.4 is 0 Å². The first-order chi connectivity index (χ1) is 25.7. The second-order valence-corrected chi connectivity index (χ2v) is 12.7. The zero-order valence-corrected chi connectivity index (χ0v) is 27.9. The van der Waals surface area contributed by atoms with Crippen molar-refractivity contribution in [3.63, 3.8) is 0 Å². The molecule has 6 nitrogen and oxygen atoms in total. The van der Waals surface area contributed by atoms with Crippen molar-refractivity contribution in [3.05, 3.63) is 168 Å². The highest BCUT2D eigenvalue weighted by atomic mass is 16.1. The van der Waals surface area contributed by atoms with Gasteiger partial charge in [0.1, 0.15) is 0 Å². The second kappa shape index (κ2) is 12.9. The maximum absolute atomic E-state index is 13.0. The summed E-state index contributed by atoms with van der Waals surface area (Å²) in [7, 11) is 0. The van der Waals surface area contributed by atoms with E-state index in [-0.39, 0.29) is 0 Å². The van der Waals surface area contributed by atoms with E-state index >= 15 is 0 Å². The topological polar surface area (TPSA) is 91.5 Å². The summed E-state index contributed by atoms with van der Waals surface area (Å²) in [6.07, 6.45) is 7.61. The summed E-state index contributed by atoms with van der Waals surface area (Å²) < 4.78 is 0. The van der Waals surface area contributed by atoms with Crippen LogP contribution in [0.2, 0.25) is 0 Å². The van der Waals surface area contributed by atoms with E-state index in [2.05, 4.69) is 34.2 Å². The van der Waals surface area contributed by atoms with Crippen LogP contribution in [0.4, 0.5) is 0 Å². The molecule has 5 heterocycles. The number of hydrogen-bond donors (Lipinski definition) is 2. The van der Waals surface area contributed by atoms with Gasteiger partial charge in [-0.2, -0.15) is 0 Å². The quantitative estimate of drug-likeness (QED) is 0.172. The molecule has 0 saturated heterocycles. The number of nitrogens with one attached hydrogen (secondary N) is 2. The van der Waals surface area contributed by atoms with E-state index < -0.39 is 0 Å². The number of carbonyl (C=O) groups excluding carboxylic acids is 2. The molecule has 0 saturated carbocycles. The fourth-order valence-corrected chi connectivity index (χ4v) is 7.23. The average molecular weight is 671 g/mol. The van der Waals surface area contributed by atoms with E-state index in [9.17, 15) is 9.59 Å². The Labute approximate surface area is 299 Å². The predicted octanol–water partition coefficient (Wildman–Crippen LogP) is 10.7. The highest BCUT2D eigenvalue weighted by Gasteiger charge is 2.23. The molecule has 0 amide bonds. The van der Waals surface area contributed by atoms with Crippen LogP contribution in [0, 0.1) is 0 Å². The minimum Gasteiger partial charge on any atom is -0.354 e. The van der Waals surface area contributed by atoms with E-state index in [1.807, 2.05) is 133 Å². The molecule has 8 bridgehead atoms. The molecule has 0 fully saturated rings. The average Bonchev–Trinajstić information content (AvgIpc) is 4.03. The van der Waals surface area contributed by atoms with Crippen molar-refractivity contribution in [2.45, 2.75) is 0 Å². The van der Waals surface area contributed by atoms with Crippen LogP contribution in [0.1, 0.15) is 33.1 Å². The maximum Gasteiger partial charge on any atom is 0.152 e. The summed E-state index contributed by atoms with van der Waals surface area (Å²) in [5.74, 6) is 0. The number of nitrogens with zero attached hydrogens (tertiary/aromatic N) is 2. The first-order valence-corrected chi connectivity index (χ1v) is 17.1. The van der Waals surface area contributed by atoms with E-state index in [0.29, 0.717) is 39.1 Å². The monoisotopic (exact) mass is 670 g/mol. The van der Waals surface area contributed by atoms with Crippen LogP contribution >= 0.6 is 0 Å². The summed E-state index contributed by atoms with van der Waals surface area (Å²) in [4.78, 5) is 43.8. The van der Waals surface area contributed by atoms with Gasteiger partial charge in [-0.15, -0.1) is 0 Å². The highest BCUT2D eigenvalue weighted by Crippen LogP contribution is 2.40. The van der Waals surface area contributed by atoms with Crippen molar-refractivity contribution < 1.29 is 9.59 Å². The Kier molecular flexibility index (Phi) is 7.67. The van der Waals surface area contributed by atoms with Gasteiger partial charge in [0.25, 0.3) is 0 Å². The number of aldehydes is 2. The molecular weight excluding hydrogens is 641 g/mol.